The van der Waals surface area contributed by atoms with Crippen molar-refractivity contribution in [1.29, 1.82) is 0 Å². The third-order valence-corrected chi connectivity index (χ3v) is 5.90. The predicted octanol–water partition coefficient (Wildman–Crippen LogP) is 2.79. The average molecular weight is 380 g/mol. The van der Waals surface area contributed by atoms with Crippen molar-refractivity contribution in [3.8, 4) is 0 Å². The van der Waals surface area contributed by atoms with Gasteiger partial charge in [-0.15, -0.1) is 0 Å². The lowest BCUT2D eigenvalue weighted by atomic mass is 9.89. The first-order valence-corrected chi connectivity index (χ1v) is 9.57. The van der Waals surface area contributed by atoms with E-state index in [0.29, 0.717) is 11.1 Å². The van der Waals surface area contributed by atoms with E-state index in [2.05, 4.69) is 21.3 Å². The van der Waals surface area contributed by atoms with Crippen LogP contribution in [0.25, 0.3) is 16.3 Å². The van der Waals surface area contributed by atoms with E-state index < -0.39 is 6.04 Å². The highest BCUT2D eigenvalue weighted by molar-refractivity contribution is 6.38. The first kappa shape index (κ1) is 16.2. The quantitative estimate of drug-likeness (QED) is 0.694. The Kier molecular flexibility index (Phi) is 3.26. The molecule has 2 amide bonds. The maximum absolute atomic E-state index is 12.9. The number of imide groups is 1. The highest BCUT2D eigenvalue weighted by atomic mass is 16.2. The number of rotatable bonds is 2. The standard InChI is InChI=1S/C23H16N4O2/c28-22-18(16-5-2-4-14-11-24-9-7-15(14)16)19(23(29)26-22)20-17-6-1-3-13-8-10-27(12-25-20)21(13)17/h1-7,9,11-12,20H,8,10H2,(H,26,28,29). The fourth-order valence-corrected chi connectivity index (χ4v) is 4.65. The summed E-state index contributed by atoms with van der Waals surface area (Å²) < 4.78 is 0. The molecule has 2 aromatic carbocycles. The van der Waals surface area contributed by atoms with Gasteiger partial charge in [0.05, 0.1) is 23.2 Å². The van der Waals surface area contributed by atoms with Crippen LogP contribution in [0.4, 0.5) is 5.69 Å². The molecule has 1 unspecified atom stereocenters. The molecule has 1 aromatic heterocycles. The minimum Gasteiger partial charge on any atom is -0.332 e. The van der Waals surface area contributed by atoms with Crippen LogP contribution in [0.3, 0.4) is 0 Å². The van der Waals surface area contributed by atoms with Crippen molar-refractivity contribution in [1.82, 2.24) is 10.3 Å². The van der Waals surface area contributed by atoms with Crippen LogP contribution >= 0.6 is 0 Å². The van der Waals surface area contributed by atoms with Crippen LogP contribution in [0.15, 0.2) is 65.4 Å². The lowest BCUT2D eigenvalue weighted by Crippen LogP contribution is -2.27. The monoisotopic (exact) mass is 380 g/mol. The summed E-state index contributed by atoms with van der Waals surface area (Å²) in [6, 6.07) is 13.2. The predicted molar refractivity (Wildman–Crippen MR) is 111 cm³/mol. The van der Waals surface area contributed by atoms with Crippen LogP contribution < -0.4 is 10.2 Å². The maximum Gasteiger partial charge on any atom is 0.259 e. The Bertz CT molecular complexity index is 1290. The number of nitrogens with zero attached hydrogens (tertiary/aromatic N) is 3. The minimum absolute atomic E-state index is 0.373. The van der Waals surface area contributed by atoms with Crippen molar-refractivity contribution in [2.45, 2.75) is 12.5 Å². The van der Waals surface area contributed by atoms with Crippen molar-refractivity contribution in [2.24, 2.45) is 4.99 Å². The number of amides is 2. The van der Waals surface area contributed by atoms with E-state index in [1.165, 1.54) is 5.56 Å². The van der Waals surface area contributed by atoms with Crippen molar-refractivity contribution >= 4 is 40.2 Å². The SMILES string of the molecule is O=C1NC(=O)C(C2N=CN3CCc4cccc2c43)=C1c1cccc2cnccc12. The minimum atomic E-state index is -0.502. The van der Waals surface area contributed by atoms with E-state index in [-0.39, 0.29) is 11.8 Å². The van der Waals surface area contributed by atoms with Gasteiger partial charge < -0.3 is 4.90 Å². The van der Waals surface area contributed by atoms with E-state index in [1.54, 1.807) is 18.7 Å². The molecule has 0 aliphatic carbocycles. The topological polar surface area (TPSA) is 74.7 Å². The van der Waals surface area contributed by atoms with Crippen molar-refractivity contribution in [3.63, 3.8) is 0 Å². The van der Waals surface area contributed by atoms with Crippen LogP contribution in [0.5, 0.6) is 0 Å². The molecule has 0 fully saturated rings. The number of nitrogens with one attached hydrogen (secondary N) is 1. The number of fused-ring (bicyclic) bond motifs is 1. The molecule has 3 aliphatic rings. The van der Waals surface area contributed by atoms with Gasteiger partial charge in [-0.05, 0) is 29.0 Å². The van der Waals surface area contributed by atoms with E-state index in [0.717, 1.165) is 40.6 Å². The first-order chi connectivity index (χ1) is 14.2. The third-order valence-electron chi connectivity index (χ3n) is 5.90. The summed E-state index contributed by atoms with van der Waals surface area (Å²) in [5, 5.41) is 4.30. The molecule has 4 heterocycles. The van der Waals surface area contributed by atoms with Gasteiger partial charge in [-0.2, -0.15) is 0 Å². The second-order valence-corrected chi connectivity index (χ2v) is 7.44. The maximum atomic E-state index is 12.9. The molecule has 29 heavy (non-hydrogen) atoms. The molecule has 0 radical (unpaired) electrons. The van der Waals surface area contributed by atoms with Crippen molar-refractivity contribution in [3.05, 3.63) is 77.1 Å². The van der Waals surface area contributed by atoms with E-state index >= 15 is 0 Å². The number of carbonyl (C=O) groups excluding carboxylic acids is 2. The van der Waals surface area contributed by atoms with Gasteiger partial charge in [-0.3, -0.25) is 24.9 Å². The van der Waals surface area contributed by atoms with Crippen LogP contribution in [-0.2, 0) is 16.0 Å². The summed E-state index contributed by atoms with van der Waals surface area (Å²) >= 11 is 0. The average Bonchev–Trinajstić information content (AvgIpc) is 3.29. The Morgan fingerprint density at radius 1 is 1.03 bits per heavy atom. The summed E-state index contributed by atoms with van der Waals surface area (Å²) in [5.41, 5.74) is 4.89. The Morgan fingerprint density at radius 3 is 2.86 bits per heavy atom. The molecule has 6 rings (SSSR count). The Hall–Kier alpha value is -3.80. The molecule has 6 nitrogen and oxygen atoms in total. The number of anilines is 1. The number of aromatic nitrogens is 1. The van der Waals surface area contributed by atoms with E-state index in [4.69, 9.17) is 4.99 Å². The zero-order chi connectivity index (χ0) is 19.5. The van der Waals surface area contributed by atoms with Gasteiger partial charge in [-0.25, -0.2) is 0 Å². The van der Waals surface area contributed by atoms with Gasteiger partial charge in [0.2, 0.25) is 0 Å². The molecule has 0 saturated heterocycles. The van der Waals surface area contributed by atoms with Crippen LogP contribution in [-0.4, -0.2) is 29.7 Å². The number of pyridine rings is 1. The van der Waals surface area contributed by atoms with Gasteiger partial charge in [0.1, 0.15) is 6.04 Å². The summed E-state index contributed by atoms with van der Waals surface area (Å²) in [7, 11) is 0. The lowest BCUT2D eigenvalue weighted by molar-refractivity contribution is -0.123. The van der Waals surface area contributed by atoms with Gasteiger partial charge in [0, 0.05) is 29.9 Å². The molecule has 1 atom stereocenters. The molecular formula is C23H16N4O2. The smallest absolute Gasteiger partial charge is 0.259 e. The van der Waals surface area contributed by atoms with E-state index in [9.17, 15) is 9.59 Å². The highest BCUT2D eigenvalue weighted by Gasteiger charge is 2.40. The number of para-hydroxylation sites is 1. The normalized spacial score (nSPS) is 19.9. The fraction of sp³-hybridized carbons (Fsp3) is 0.130. The highest BCUT2D eigenvalue weighted by Crippen LogP contribution is 2.45. The largest absolute Gasteiger partial charge is 0.332 e. The van der Waals surface area contributed by atoms with Gasteiger partial charge >= 0.3 is 0 Å². The molecule has 0 spiro atoms. The summed E-state index contributed by atoms with van der Waals surface area (Å²) in [4.78, 5) is 36.8. The van der Waals surface area contributed by atoms with Crippen LogP contribution in [0.1, 0.15) is 22.7 Å². The number of benzene rings is 2. The second-order valence-electron chi connectivity index (χ2n) is 7.44. The molecule has 6 heteroatoms. The molecule has 3 aliphatic heterocycles. The molecule has 1 N–H and O–H groups in total. The molecule has 140 valence electrons. The summed E-state index contributed by atoms with van der Waals surface area (Å²) in [6.07, 6.45) is 6.21. The molecule has 0 saturated carbocycles. The zero-order valence-corrected chi connectivity index (χ0v) is 15.4. The van der Waals surface area contributed by atoms with Gasteiger partial charge in [-0.1, -0.05) is 36.4 Å². The van der Waals surface area contributed by atoms with E-state index in [1.807, 2.05) is 36.4 Å². The third kappa shape index (κ3) is 2.23. The second kappa shape index (κ2) is 5.85. The summed E-state index contributed by atoms with van der Waals surface area (Å²) in [6.45, 7) is 0.885. The Morgan fingerprint density at radius 2 is 1.93 bits per heavy atom. The molecule has 0 bridgehead atoms. The number of hydrogen-bond donors (Lipinski definition) is 1. The Labute approximate surface area is 166 Å². The number of aliphatic imine (C=N–C) groups is 1. The number of hydrogen-bond acceptors (Lipinski definition) is 5. The molecule has 3 aromatic rings. The summed E-state index contributed by atoms with van der Waals surface area (Å²) in [5.74, 6) is -0.748. The van der Waals surface area contributed by atoms with Gasteiger partial charge in [0.25, 0.3) is 11.8 Å². The van der Waals surface area contributed by atoms with Crippen molar-refractivity contribution in [2.75, 3.05) is 11.4 Å². The molecular weight excluding hydrogens is 364 g/mol. The Balaban J connectivity index is 1.62. The van der Waals surface area contributed by atoms with Crippen molar-refractivity contribution < 1.29 is 9.59 Å². The van der Waals surface area contributed by atoms with Crippen LogP contribution in [0, 0.1) is 0 Å². The first-order valence-electron chi connectivity index (χ1n) is 9.57. The zero-order valence-electron chi connectivity index (χ0n) is 15.4. The van der Waals surface area contributed by atoms with Crippen LogP contribution in [0.2, 0.25) is 0 Å². The van der Waals surface area contributed by atoms with Gasteiger partial charge in [0.15, 0.2) is 0 Å². The lowest BCUT2D eigenvalue weighted by Gasteiger charge is -2.27. The number of carbonyl (C=O) groups is 2. The fourth-order valence-electron chi connectivity index (χ4n) is 4.65.